The van der Waals surface area contributed by atoms with Gasteiger partial charge in [0.15, 0.2) is 17.3 Å². The first-order chi connectivity index (χ1) is 32.0. The molecule has 8 rings (SSSR count). The van der Waals surface area contributed by atoms with Crippen LogP contribution in [0.2, 0.25) is 0 Å². The lowest BCUT2D eigenvalue weighted by atomic mass is 9.60. The summed E-state index contributed by atoms with van der Waals surface area (Å²) >= 11 is 0. The first-order valence-corrected chi connectivity index (χ1v) is 23.5. The van der Waals surface area contributed by atoms with Crippen LogP contribution in [0.1, 0.15) is 80.5 Å². The smallest absolute Gasteiger partial charge is 0.180 e. The fourth-order valence-electron chi connectivity index (χ4n) is 12.5. The van der Waals surface area contributed by atoms with E-state index in [1.807, 2.05) is 9.80 Å². The summed E-state index contributed by atoms with van der Waals surface area (Å²) in [5.74, 6) is -5.87. The van der Waals surface area contributed by atoms with Crippen LogP contribution in [0.25, 0.3) is 0 Å². The second-order valence-corrected chi connectivity index (χ2v) is 18.6. The highest BCUT2D eigenvalue weighted by Gasteiger charge is 2.76. The molecule has 0 spiro atoms. The third-order valence-electron chi connectivity index (χ3n) is 15.5. The molecule has 0 aliphatic carbocycles. The average Bonchev–Trinajstić information content (AvgIpc) is 3.76. The Morgan fingerprint density at radius 1 is 0.621 bits per heavy atom. The third kappa shape index (κ3) is 7.98. The average molecular weight is 907 g/mol. The Bertz CT molecular complexity index is 2180. The fourth-order valence-corrected chi connectivity index (χ4v) is 12.5. The number of likely N-dealkylation sites (tertiary alicyclic amines) is 2. The van der Waals surface area contributed by atoms with Crippen molar-refractivity contribution in [3.63, 3.8) is 0 Å². The van der Waals surface area contributed by atoms with E-state index >= 15 is 23.2 Å². The van der Waals surface area contributed by atoms with E-state index in [4.69, 9.17) is 9.47 Å². The number of carbonyl (C=O) groups is 3. The molecule has 4 saturated heterocycles. The SMILES string of the molecule is COCCN1[C@H](C(=O)c2ccccc2)[C@@H](c2cccc(F)c2C)[C@H](O)[C@]1(C(=O)[C@]1(C2CCCNC2)[C@@H](O)[C@H](c2cccc(F)c2C)[C@@H](C(=O)c2ccccc2)N1CCOC)C1CCCNC1. The largest absolute Gasteiger partial charge is 0.390 e. The summed E-state index contributed by atoms with van der Waals surface area (Å²) < 4.78 is 43.4. The van der Waals surface area contributed by atoms with Crippen molar-refractivity contribution >= 4 is 17.3 Å². The molecule has 0 aromatic heterocycles. The van der Waals surface area contributed by atoms with Gasteiger partial charge in [0.25, 0.3) is 0 Å². The van der Waals surface area contributed by atoms with Gasteiger partial charge in [-0.2, -0.15) is 0 Å². The quantitative estimate of drug-likeness (QED) is 0.104. The number of halogens is 2. The minimum Gasteiger partial charge on any atom is -0.390 e. The molecule has 352 valence electrons. The number of Topliss-reactive ketones (excluding diaryl/α,β-unsaturated/α-hetero) is 3. The molecule has 4 N–H and O–H groups in total. The number of piperidine rings is 2. The molecule has 4 fully saturated rings. The summed E-state index contributed by atoms with van der Waals surface area (Å²) in [5, 5.41) is 34.8. The van der Waals surface area contributed by atoms with Crippen molar-refractivity contribution < 1.29 is 42.9 Å². The van der Waals surface area contributed by atoms with Crippen molar-refractivity contribution in [1.29, 1.82) is 0 Å². The van der Waals surface area contributed by atoms with Gasteiger partial charge >= 0.3 is 0 Å². The van der Waals surface area contributed by atoms with E-state index in [1.165, 1.54) is 26.4 Å². The first kappa shape index (κ1) is 47.9. The van der Waals surface area contributed by atoms with Crippen LogP contribution in [-0.4, -0.2) is 139 Å². The summed E-state index contributed by atoms with van der Waals surface area (Å²) in [7, 11) is 3.07. The molecule has 13 heteroatoms. The number of methoxy groups -OCH3 is 2. The van der Waals surface area contributed by atoms with E-state index in [9.17, 15) is 10.2 Å². The Labute approximate surface area is 386 Å². The Morgan fingerprint density at radius 2 is 1.02 bits per heavy atom. The number of aliphatic hydroxyl groups excluding tert-OH is 2. The van der Waals surface area contributed by atoms with Crippen LogP contribution in [0.4, 0.5) is 8.78 Å². The van der Waals surface area contributed by atoms with E-state index in [-0.39, 0.29) is 62.1 Å². The lowest BCUT2D eigenvalue weighted by Crippen LogP contribution is -2.77. The lowest BCUT2D eigenvalue weighted by Gasteiger charge is -2.56. The van der Waals surface area contributed by atoms with Gasteiger partial charge in [-0.1, -0.05) is 84.9 Å². The van der Waals surface area contributed by atoms with Gasteiger partial charge in [-0.15, -0.1) is 0 Å². The van der Waals surface area contributed by atoms with Gasteiger partial charge in [-0.25, -0.2) is 8.78 Å². The number of hydrogen-bond donors (Lipinski definition) is 4. The van der Waals surface area contributed by atoms with Crippen molar-refractivity contribution in [2.24, 2.45) is 11.8 Å². The highest BCUT2D eigenvalue weighted by atomic mass is 19.1. The van der Waals surface area contributed by atoms with Crippen molar-refractivity contribution in [3.8, 4) is 0 Å². The van der Waals surface area contributed by atoms with Gasteiger partial charge < -0.3 is 30.3 Å². The minimum atomic E-state index is -1.96. The van der Waals surface area contributed by atoms with Crippen LogP contribution < -0.4 is 10.6 Å². The number of nitrogens with one attached hydrogen (secondary N) is 2. The van der Waals surface area contributed by atoms with Crippen LogP contribution in [0.3, 0.4) is 0 Å². The molecule has 0 bridgehead atoms. The van der Waals surface area contributed by atoms with Gasteiger partial charge in [0, 0.05) is 63.4 Å². The number of benzene rings is 4. The van der Waals surface area contributed by atoms with E-state index in [1.54, 1.807) is 98.8 Å². The second-order valence-electron chi connectivity index (χ2n) is 18.6. The fraction of sp³-hybridized carbons (Fsp3) is 0.491. The lowest BCUT2D eigenvalue weighted by molar-refractivity contribution is -0.166. The summed E-state index contributed by atoms with van der Waals surface area (Å²) in [6.07, 6.45) is -1.08. The van der Waals surface area contributed by atoms with Crippen LogP contribution >= 0.6 is 0 Å². The van der Waals surface area contributed by atoms with E-state index in [0.717, 1.165) is 0 Å². The van der Waals surface area contributed by atoms with Crippen LogP contribution in [0, 0.1) is 37.3 Å². The number of nitrogens with zero attached hydrogens (tertiary/aromatic N) is 2. The van der Waals surface area contributed by atoms with E-state index < -0.39 is 76.5 Å². The van der Waals surface area contributed by atoms with Gasteiger partial charge in [0.2, 0.25) is 0 Å². The van der Waals surface area contributed by atoms with Gasteiger partial charge in [0.1, 0.15) is 22.7 Å². The number of rotatable bonds is 16. The van der Waals surface area contributed by atoms with Crippen molar-refractivity contribution in [2.75, 3.05) is 66.7 Å². The Balaban J connectivity index is 1.48. The molecular weight excluding hydrogens is 843 g/mol. The van der Waals surface area contributed by atoms with Crippen molar-refractivity contribution in [2.45, 2.75) is 86.7 Å². The first-order valence-electron chi connectivity index (χ1n) is 23.5. The predicted molar refractivity (Wildman–Crippen MR) is 248 cm³/mol. The zero-order valence-corrected chi connectivity index (χ0v) is 38.4. The summed E-state index contributed by atoms with van der Waals surface area (Å²) in [6, 6.07) is 24.3. The monoisotopic (exact) mass is 906 g/mol. The molecule has 2 unspecified atom stereocenters. The topological polar surface area (TPSA) is 141 Å². The zero-order chi connectivity index (χ0) is 46.8. The minimum absolute atomic E-state index is 0.00980. The molecule has 4 aromatic rings. The van der Waals surface area contributed by atoms with E-state index in [0.29, 0.717) is 61.0 Å². The molecule has 0 radical (unpaired) electrons. The normalized spacial score (nSPS) is 30.7. The number of ketones is 3. The number of hydrogen-bond acceptors (Lipinski definition) is 11. The third-order valence-corrected chi connectivity index (χ3v) is 15.5. The van der Waals surface area contributed by atoms with Gasteiger partial charge in [0.05, 0.1) is 37.5 Å². The van der Waals surface area contributed by atoms with Crippen LogP contribution in [0.5, 0.6) is 0 Å². The molecule has 0 amide bonds. The Kier molecular flexibility index (Phi) is 14.8. The summed E-state index contributed by atoms with van der Waals surface area (Å²) in [6.45, 7) is 5.25. The van der Waals surface area contributed by atoms with Crippen LogP contribution in [0.15, 0.2) is 97.1 Å². The Morgan fingerprint density at radius 3 is 1.36 bits per heavy atom. The molecule has 4 aliphatic rings. The standard InChI is InChI=1S/C53H64F2N4O7/c1-33-39(21-11-23-41(33)54)43-45(47(60)35-15-7-5-8-16-35)58(27-29-65-3)52(49(43)62,37-19-13-25-56-31-37)51(64)53(38-20-14-26-57-32-38)50(63)44(40-22-12-24-42(55)34(40)2)46(59(53)28-30-66-4)48(61)36-17-9-6-10-18-36/h5-12,15-18,21-24,37-38,43-46,49-50,56-57,62-63H,13-14,19-20,25-32H2,1-4H3/t37?,38?,43-,44-,45+,46+,49+,50+,52+,53+/m1/s1. The van der Waals surface area contributed by atoms with E-state index in [2.05, 4.69) is 10.6 Å². The second kappa shape index (κ2) is 20.3. The highest BCUT2D eigenvalue weighted by Crippen LogP contribution is 2.58. The number of carbonyl (C=O) groups excluding carboxylic acids is 3. The van der Waals surface area contributed by atoms with Gasteiger partial charge in [-0.05, 0) is 98.8 Å². The molecule has 66 heavy (non-hydrogen) atoms. The van der Waals surface area contributed by atoms with Crippen LogP contribution in [-0.2, 0) is 14.3 Å². The highest BCUT2D eigenvalue weighted by molar-refractivity contribution is 6.07. The van der Waals surface area contributed by atoms with Crippen molar-refractivity contribution in [3.05, 3.63) is 142 Å². The molecule has 11 nitrogen and oxygen atoms in total. The summed E-state index contributed by atoms with van der Waals surface area (Å²) in [4.78, 5) is 52.6. The van der Waals surface area contributed by atoms with Crippen molar-refractivity contribution in [1.82, 2.24) is 20.4 Å². The Hall–Kier alpha value is -4.57. The maximum absolute atomic E-state index is 17.8. The molecular formula is C53H64F2N4O7. The maximum Gasteiger partial charge on any atom is 0.180 e. The molecule has 0 saturated carbocycles. The molecule has 4 aliphatic heterocycles. The maximum atomic E-state index is 17.8. The molecule has 4 aromatic carbocycles. The predicted octanol–water partition coefficient (Wildman–Crippen LogP) is 5.64. The molecule has 10 atom stereocenters. The number of aliphatic hydroxyl groups is 2. The zero-order valence-electron chi connectivity index (χ0n) is 38.4. The number of ether oxygens (including phenoxy) is 2. The molecule has 4 heterocycles. The van der Waals surface area contributed by atoms with Gasteiger partial charge in [-0.3, -0.25) is 24.2 Å². The summed E-state index contributed by atoms with van der Waals surface area (Å²) in [5.41, 5.74) is -1.95.